The molecule has 6 heteroatoms. The lowest BCUT2D eigenvalue weighted by molar-refractivity contribution is -0.00557. The van der Waals surface area contributed by atoms with E-state index in [1.807, 2.05) is 11.4 Å². The lowest BCUT2D eigenvalue weighted by atomic mass is 10.2. The number of nitrogens with zero attached hydrogens (tertiary/aromatic N) is 5. The first kappa shape index (κ1) is 16.3. The fraction of sp³-hybridized carbons (Fsp3) is 0.526. The van der Waals surface area contributed by atoms with E-state index in [2.05, 4.69) is 49.7 Å². The minimum atomic E-state index is 0.198. The van der Waals surface area contributed by atoms with Crippen LogP contribution in [0.5, 0.6) is 0 Å². The van der Waals surface area contributed by atoms with Gasteiger partial charge in [0.15, 0.2) is 11.3 Å². The predicted octanol–water partition coefficient (Wildman–Crippen LogP) is 3.07. The van der Waals surface area contributed by atoms with Crippen molar-refractivity contribution in [3.8, 4) is 0 Å². The van der Waals surface area contributed by atoms with E-state index in [0.29, 0.717) is 0 Å². The Morgan fingerprint density at radius 1 is 1.12 bits per heavy atom. The molecular formula is C19H25N5O. The van der Waals surface area contributed by atoms with Gasteiger partial charge in [-0.25, -0.2) is 9.97 Å². The molecule has 3 aromatic heterocycles. The van der Waals surface area contributed by atoms with E-state index in [1.54, 1.807) is 0 Å². The molecule has 2 unspecified atom stereocenters. The number of aryl methyl sites for hydroxylation is 3. The van der Waals surface area contributed by atoms with E-state index in [4.69, 9.17) is 14.8 Å². The summed E-state index contributed by atoms with van der Waals surface area (Å²) in [6, 6.07) is 4.26. The molecule has 6 nitrogen and oxygen atoms in total. The summed E-state index contributed by atoms with van der Waals surface area (Å²) in [6.07, 6.45) is 1.29. The molecule has 4 heterocycles. The van der Waals surface area contributed by atoms with Gasteiger partial charge in [-0.05, 0) is 45.7 Å². The highest BCUT2D eigenvalue weighted by Gasteiger charge is 2.26. The Morgan fingerprint density at radius 2 is 1.84 bits per heavy atom. The molecule has 25 heavy (non-hydrogen) atoms. The third kappa shape index (κ3) is 2.74. The van der Waals surface area contributed by atoms with Gasteiger partial charge in [0.1, 0.15) is 5.82 Å². The number of fused-ring (bicyclic) bond motifs is 3. The van der Waals surface area contributed by atoms with Crippen molar-refractivity contribution in [3.63, 3.8) is 0 Å². The summed E-state index contributed by atoms with van der Waals surface area (Å²) in [7, 11) is 0. The summed E-state index contributed by atoms with van der Waals surface area (Å²) in [4.78, 5) is 11.9. The van der Waals surface area contributed by atoms with Crippen molar-refractivity contribution in [1.82, 2.24) is 19.6 Å². The molecule has 1 saturated heterocycles. The van der Waals surface area contributed by atoms with Gasteiger partial charge in [-0.2, -0.15) is 4.52 Å². The van der Waals surface area contributed by atoms with Crippen molar-refractivity contribution in [2.24, 2.45) is 0 Å². The second-order valence-corrected chi connectivity index (χ2v) is 7.14. The summed E-state index contributed by atoms with van der Waals surface area (Å²) in [5, 5.41) is 5.85. The quantitative estimate of drug-likeness (QED) is 0.718. The van der Waals surface area contributed by atoms with E-state index in [1.165, 1.54) is 5.56 Å². The molecule has 3 aromatic rings. The number of ether oxygens (including phenoxy) is 1. The van der Waals surface area contributed by atoms with Crippen LogP contribution in [0.1, 0.15) is 37.7 Å². The number of hydrogen-bond donors (Lipinski definition) is 0. The highest BCUT2D eigenvalue weighted by Crippen LogP contribution is 2.28. The van der Waals surface area contributed by atoms with Crippen molar-refractivity contribution in [2.75, 3.05) is 18.0 Å². The van der Waals surface area contributed by atoms with Crippen LogP contribution in [0, 0.1) is 13.8 Å². The van der Waals surface area contributed by atoms with Crippen molar-refractivity contribution < 1.29 is 4.74 Å². The minimum absolute atomic E-state index is 0.198. The van der Waals surface area contributed by atoms with Crippen LogP contribution in [0.3, 0.4) is 0 Å². The fourth-order valence-corrected chi connectivity index (χ4v) is 3.83. The number of aromatic nitrogens is 4. The number of rotatable bonds is 2. The zero-order chi connectivity index (χ0) is 17.7. The lowest BCUT2D eigenvalue weighted by Gasteiger charge is -2.36. The number of hydrogen-bond acceptors (Lipinski definition) is 5. The van der Waals surface area contributed by atoms with E-state index < -0.39 is 0 Å². The van der Waals surface area contributed by atoms with Gasteiger partial charge in [-0.1, -0.05) is 6.92 Å². The molecule has 0 saturated carbocycles. The van der Waals surface area contributed by atoms with Crippen LogP contribution in [-0.2, 0) is 11.2 Å². The van der Waals surface area contributed by atoms with Gasteiger partial charge < -0.3 is 9.64 Å². The Balaban J connectivity index is 1.98. The molecule has 132 valence electrons. The summed E-state index contributed by atoms with van der Waals surface area (Å²) < 4.78 is 7.87. The molecule has 0 spiro atoms. The fourth-order valence-electron chi connectivity index (χ4n) is 3.83. The first-order valence-electron chi connectivity index (χ1n) is 9.03. The monoisotopic (exact) mass is 339 g/mol. The summed E-state index contributed by atoms with van der Waals surface area (Å²) >= 11 is 0. The van der Waals surface area contributed by atoms with E-state index in [-0.39, 0.29) is 12.2 Å². The van der Waals surface area contributed by atoms with Crippen LogP contribution in [0.2, 0.25) is 0 Å². The predicted molar refractivity (Wildman–Crippen MR) is 99.4 cm³/mol. The van der Waals surface area contributed by atoms with Crippen LogP contribution < -0.4 is 4.90 Å². The molecule has 4 rings (SSSR count). The molecule has 2 atom stereocenters. The molecule has 0 aliphatic carbocycles. The van der Waals surface area contributed by atoms with Crippen LogP contribution in [0.15, 0.2) is 12.1 Å². The molecule has 0 N–H and O–H groups in total. The minimum Gasteiger partial charge on any atom is -0.372 e. The van der Waals surface area contributed by atoms with E-state index in [9.17, 15) is 0 Å². The van der Waals surface area contributed by atoms with Crippen LogP contribution in [0.25, 0.3) is 16.7 Å². The number of pyridine rings is 1. The maximum Gasteiger partial charge on any atom is 0.184 e. The SMILES string of the molecule is CCc1cc(N2CC(C)OC(C)C2)n2nc3nc(C)cc(C)c3c2n1. The first-order chi connectivity index (χ1) is 12.0. The van der Waals surface area contributed by atoms with Gasteiger partial charge >= 0.3 is 0 Å². The second-order valence-electron chi connectivity index (χ2n) is 7.14. The van der Waals surface area contributed by atoms with E-state index in [0.717, 1.165) is 53.4 Å². The van der Waals surface area contributed by atoms with E-state index >= 15 is 0 Å². The van der Waals surface area contributed by atoms with Gasteiger partial charge in [0, 0.05) is 30.5 Å². The molecule has 0 aromatic carbocycles. The molecule has 0 radical (unpaired) electrons. The molecule has 1 aliphatic heterocycles. The maximum atomic E-state index is 5.90. The van der Waals surface area contributed by atoms with Crippen molar-refractivity contribution in [3.05, 3.63) is 29.1 Å². The summed E-state index contributed by atoms with van der Waals surface area (Å²) in [5.41, 5.74) is 4.92. The number of morpholine rings is 1. The van der Waals surface area contributed by atoms with Gasteiger partial charge in [0.05, 0.1) is 17.6 Å². The summed E-state index contributed by atoms with van der Waals surface area (Å²) in [5.74, 6) is 1.08. The van der Waals surface area contributed by atoms with Crippen LogP contribution in [-0.4, -0.2) is 44.9 Å². The standard InChI is InChI=1S/C19H25N5O/c1-6-15-8-16(23-9-13(4)25-14(5)10-23)24-19(21-15)17-11(2)7-12(3)20-18(17)22-24/h7-8,13-14H,6,9-10H2,1-5H3. The first-order valence-corrected chi connectivity index (χ1v) is 9.03. The van der Waals surface area contributed by atoms with Crippen molar-refractivity contribution in [1.29, 1.82) is 0 Å². The molecule has 0 amide bonds. The topological polar surface area (TPSA) is 55.6 Å². The zero-order valence-corrected chi connectivity index (χ0v) is 15.6. The smallest absolute Gasteiger partial charge is 0.184 e. The summed E-state index contributed by atoms with van der Waals surface area (Å²) in [6.45, 7) is 12.2. The maximum absolute atomic E-state index is 5.90. The van der Waals surface area contributed by atoms with Gasteiger partial charge in [0.25, 0.3) is 0 Å². The Hall–Kier alpha value is -2.21. The van der Waals surface area contributed by atoms with Crippen LogP contribution >= 0.6 is 0 Å². The molecule has 1 aliphatic rings. The molecule has 1 fully saturated rings. The lowest BCUT2D eigenvalue weighted by Crippen LogP contribution is -2.46. The highest BCUT2D eigenvalue weighted by molar-refractivity contribution is 5.93. The third-order valence-electron chi connectivity index (χ3n) is 4.81. The average molecular weight is 339 g/mol. The van der Waals surface area contributed by atoms with Crippen molar-refractivity contribution in [2.45, 2.75) is 53.2 Å². The van der Waals surface area contributed by atoms with Crippen LogP contribution in [0.4, 0.5) is 5.82 Å². The van der Waals surface area contributed by atoms with Gasteiger partial charge in [0.2, 0.25) is 0 Å². The van der Waals surface area contributed by atoms with Gasteiger partial charge in [-0.15, -0.1) is 5.10 Å². The molecule has 0 bridgehead atoms. The normalized spacial score (nSPS) is 21.4. The Labute approximate surface area is 147 Å². The molecular weight excluding hydrogens is 314 g/mol. The second kappa shape index (κ2) is 5.95. The highest BCUT2D eigenvalue weighted by atomic mass is 16.5. The Bertz CT molecular complexity index is 938. The number of anilines is 1. The van der Waals surface area contributed by atoms with Crippen molar-refractivity contribution >= 4 is 22.5 Å². The average Bonchev–Trinajstić information content (AvgIpc) is 2.90. The largest absolute Gasteiger partial charge is 0.372 e. The zero-order valence-electron chi connectivity index (χ0n) is 15.6. The van der Waals surface area contributed by atoms with Gasteiger partial charge in [-0.3, -0.25) is 0 Å². The Kier molecular flexibility index (Phi) is 3.87. The Morgan fingerprint density at radius 3 is 2.52 bits per heavy atom. The third-order valence-corrected chi connectivity index (χ3v) is 4.81.